The lowest BCUT2D eigenvalue weighted by Crippen LogP contribution is -2.31. The van der Waals surface area contributed by atoms with Gasteiger partial charge in [0.05, 0.1) is 5.41 Å². The highest BCUT2D eigenvalue weighted by Crippen LogP contribution is 2.19. The Kier molecular flexibility index (Phi) is 5.30. The Hall–Kier alpha value is -1.62. The molecular formula is C14H19NO3S. The van der Waals surface area contributed by atoms with Crippen molar-refractivity contribution in [3.05, 3.63) is 28.0 Å². The number of rotatable bonds is 6. The third kappa shape index (κ3) is 5.26. The van der Waals surface area contributed by atoms with Gasteiger partial charge >= 0.3 is 5.97 Å². The molecule has 0 saturated heterocycles. The highest BCUT2D eigenvalue weighted by molar-refractivity contribution is 7.12. The molecule has 0 spiro atoms. The van der Waals surface area contributed by atoms with E-state index in [1.807, 2.05) is 19.1 Å². The van der Waals surface area contributed by atoms with Gasteiger partial charge < -0.3 is 10.4 Å². The molecule has 0 fully saturated rings. The zero-order valence-electron chi connectivity index (χ0n) is 11.4. The predicted molar refractivity (Wildman–Crippen MR) is 77.1 cm³/mol. The van der Waals surface area contributed by atoms with Gasteiger partial charge in [0.25, 0.3) is 0 Å². The zero-order valence-corrected chi connectivity index (χ0v) is 12.2. The molecule has 1 amide bonds. The van der Waals surface area contributed by atoms with Gasteiger partial charge in [-0.1, -0.05) is 0 Å². The van der Waals surface area contributed by atoms with E-state index in [2.05, 4.69) is 5.32 Å². The number of hydrogen-bond acceptors (Lipinski definition) is 3. The fourth-order valence-electron chi connectivity index (χ4n) is 1.36. The van der Waals surface area contributed by atoms with E-state index in [4.69, 9.17) is 5.11 Å². The van der Waals surface area contributed by atoms with Crippen LogP contribution in [0.5, 0.6) is 0 Å². The standard InChI is InChI=1S/C14H19NO3S/c1-10-4-5-11(19-10)6-7-12(16)15-9-8-14(2,3)13(17)18/h4-7H,8-9H2,1-3H3,(H,15,16)(H,17,18)/b7-6+. The molecule has 1 rings (SSSR count). The molecule has 1 heterocycles. The van der Waals surface area contributed by atoms with Gasteiger partial charge in [-0.25, -0.2) is 0 Å². The first-order valence-corrected chi connectivity index (χ1v) is 6.89. The maximum atomic E-state index is 11.5. The summed E-state index contributed by atoms with van der Waals surface area (Å²) in [6.07, 6.45) is 3.63. The summed E-state index contributed by atoms with van der Waals surface area (Å²) in [5, 5.41) is 11.6. The Balaban J connectivity index is 2.36. The van der Waals surface area contributed by atoms with Crippen LogP contribution < -0.4 is 5.32 Å². The van der Waals surface area contributed by atoms with Crippen LogP contribution in [0.2, 0.25) is 0 Å². The van der Waals surface area contributed by atoms with Crippen molar-refractivity contribution in [1.82, 2.24) is 5.32 Å². The molecule has 0 aromatic carbocycles. The molecule has 0 atom stereocenters. The first-order chi connectivity index (χ1) is 8.81. The zero-order chi connectivity index (χ0) is 14.5. The summed E-state index contributed by atoms with van der Waals surface area (Å²) in [4.78, 5) is 24.6. The second-order valence-electron chi connectivity index (χ2n) is 5.01. The van der Waals surface area contributed by atoms with Crippen LogP contribution >= 0.6 is 11.3 Å². The van der Waals surface area contributed by atoms with Gasteiger partial charge in [0.15, 0.2) is 0 Å². The number of aryl methyl sites for hydroxylation is 1. The van der Waals surface area contributed by atoms with E-state index >= 15 is 0 Å². The van der Waals surface area contributed by atoms with Crippen LogP contribution in [-0.4, -0.2) is 23.5 Å². The van der Waals surface area contributed by atoms with Gasteiger partial charge in [0.1, 0.15) is 0 Å². The molecule has 1 aromatic heterocycles. The van der Waals surface area contributed by atoms with Crippen molar-refractivity contribution in [2.45, 2.75) is 27.2 Å². The summed E-state index contributed by atoms with van der Waals surface area (Å²) in [5.41, 5.74) is -0.818. The highest BCUT2D eigenvalue weighted by atomic mass is 32.1. The molecule has 5 heteroatoms. The van der Waals surface area contributed by atoms with Gasteiger partial charge in [-0.2, -0.15) is 0 Å². The summed E-state index contributed by atoms with van der Waals surface area (Å²) in [5.74, 6) is -1.06. The summed E-state index contributed by atoms with van der Waals surface area (Å²) in [6.45, 7) is 5.65. The third-order valence-corrected chi connectivity index (χ3v) is 3.75. The van der Waals surface area contributed by atoms with E-state index in [-0.39, 0.29) is 5.91 Å². The SMILES string of the molecule is Cc1ccc(/C=C/C(=O)NCCC(C)(C)C(=O)O)s1. The second kappa shape index (κ2) is 6.52. The van der Waals surface area contributed by atoms with Crippen LogP contribution in [0.4, 0.5) is 0 Å². The summed E-state index contributed by atoms with van der Waals surface area (Å²) in [6, 6.07) is 3.95. The van der Waals surface area contributed by atoms with Gasteiger partial charge in [-0.3, -0.25) is 9.59 Å². The number of thiophene rings is 1. The third-order valence-electron chi connectivity index (χ3n) is 2.79. The molecule has 0 aliphatic rings. The summed E-state index contributed by atoms with van der Waals surface area (Å²) in [7, 11) is 0. The Morgan fingerprint density at radius 1 is 1.42 bits per heavy atom. The average Bonchev–Trinajstić information content (AvgIpc) is 2.72. The smallest absolute Gasteiger partial charge is 0.309 e. The second-order valence-corrected chi connectivity index (χ2v) is 6.33. The molecule has 0 aliphatic carbocycles. The van der Waals surface area contributed by atoms with E-state index in [1.54, 1.807) is 31.3 Å². The Morgan fingerprint density at radius 2 is 2.11 bits per heavy atom. The molecule has 0 radical (unpaired) electrons. The Bertz CT molecular complexity index is 489. The van der Waals surface area contributed by atoms with E-state index in [9.17, 15) is 9.59 Å². The molecule has 1 aromatic rings. The fourth-order valence-corrected chi connectivity index (χ4v) is 2.14. The average molecular weight is 281 g/mol. The number of carboxylic acids is 1. The monoisotopic (exact) mass is 281 g/mol. The van der Waals surface area contributed by atoms with Crippen LogP contribution in [-0.2, 0) is 9.59 Å². The van der Waals surface area contributed by atoms with Crippen LogP contribution in [0.15, 0.2) is 18.2 Å². The summed E-state index contributed by atoms with van der Waals surface area (Å²) >= 11 is 1.62. The van der Waals surface area contributed by atoms with Crippen molar-refractivity contribution in [3.63, 3.8) is 0 Å². The lowest BCUT2D eigenvalue weighted by Gasteiger charge is -2.18. The van der Waals surface area contributed by atoms with Gasteiger partial charge in [0.2, 0.25) is 5.91 Å². The lowest BCUT2D eigenvalue weighted by molar-refractivity contribution is -0.147. The maximum absolute atomic E-state index is 11.5. The molecular weight excluding hydrogens is 262 g/mol. The Labute approximate surface area is 117 Å². The molecule has 0 bridgehead atoms. The largest absolute Gasteiger partial charge is 0.481 e. The van der Waals surface area contributed by atoms with E-state index < -0.39 is 11.4 Å². The first kappa shape index (κ1) is 15.4. The minimum atomic E-state index is -0.855. The minimum absolute atomic E-state index is 0.202. The van der Waals surface area contributed by atoms with Crippen molar-refractivity contribution in [2.24, 2.45) is 5.41 Å². The topological polar surface area (TPSA) is 66.4 Å². The number of nitrogens with one attached hydrogen (secondary N) is 1. The van der Waals surface area contributed by atoms with Crippen LogP contribution in [0.3, 0.4) is 0 Å². The molecule has 0 saturated carbocycles. The van der Waals surface area contributed by atoms with Crippen molar-refractivity contribution < 1.29 is 14.7 Å². The number of carbonyl (C=O) groups excluding carboxylic acids is 1. The van der Waals surface area contributed by atoms with Gasteiger partial charge in [-0.05, 0) is 45.4 Å². The minimum Gasteiger partial charge on any atom is -0.481 e. The van der Waals surface area contributed by atoms with Crippen LogP contribution in [0.1, 0.15) is 30.0 Å². The first-order valence-electron chi connectivity index (χ1n) is 6.07. The number of carboxylic acid groups (broad SMARTS) is 1. The van der Waals surface area contributed by atoms with E-state index in [0.29, 0.717) is 13.0 Å². The van der Waals surface area contributed by atoms with Crippen molar-refractivity contribution in [3.8, 4) is 0 Å². The summed E-state index contributed by atoms with van der Waals surface area (Å²) < 4.78 is 0. The van der Waals surface area contributed by atoms with Crippen molar-refractivity contribution >= 4 is 29.3 Å². The Morgan fingerprint density at radius 3 is 2.63 bits per heavy atom. The molecule has 0 unspecified atom stereocenters. The number of aliphatic carboxylic acids is 1. The molecule has 2 N–H and O–H groups in total. The fraction of sp³-hybridized carbons (Fsp3) is 0.429. The lowest BCUT2D eigenvalue weighted by atomic mass is 9.90. The van der Waals surface area contributed by atoms with Gasteiger partial charge in [0, 0.05) is 22.4 Å². The quantitative estimate of drug-likeness (QED) is 0.788. The molecule has 0 aliphatic heterocycles. The maximum Gasteiger partial charge on any atom is 0.309 e. The number of hydrogen-bond donors (Lipinski definition) is 2. The van der Waals surface area contributed by atoms with Crippen molar-refractivity contribution in [1.29, 1.82) is 0 Å². The highest BCUT2D eigenvalue weighted by Gasteiger charge is 2.26. The van der Waals surface area contributed by atoms with Crippen LogP contribution in [0.25, 0.3) is 6.08 Å². The number of carbonyl (C=O) groups is 2. The van der Waals surface area contributed by atoms with E-state index in [0.717, 1.165) is 4.88 Å². The number of amides is 1. The van der Waals surface area contributed by atoms with Crippen LogP contribution in [0, 0.1) is 12.3 Å². The predicted octanol–water partition coefficient (Wildman–Crippen LogP) is 2.69. The van der Waals surface area contributed by atoms with Crippen molar-refractivity contribution in [2.75, 3.05) is 6.54 Å². The molecule has 4 nitrogen and oxygen atoms in total. The normalized spacial score (nSPS) is 11.7. The van der Waals surface area contributed by atoms with Gasteiger partial charge in [-0.15, -0.1) is 11.3 Å². The molecule has 104 valence electrons. The van der Waals surface area contributed by atoms with E-state index in [1.165, 1.54) is 11.0 Å². The molecule has 19 heavy (non-hydrogen) atoms.